The van der Waals surface area contributed by atoms with Gasteiger partial charge in [0.1, 0.15) is 0 Å². The van der Waals surface area contributed by atoms with Crippen molar-refractivity contribution >= 4 is 22.7 Å². The van der Waals surface area contributed by atoms with Gasteiger partial charge < -0.3 is 5.11 Å². The summed E-state index contributed by atoms with van der Waals surface area (Å²) in [7, 11) is 0. The minimum Gasteiger partial charge on any atom is -0.392 e. The molecule has 2 aromatic rings. The summed E-state index contributed by atoms with van der Waals surface area (Å²) < 4.78 is 0. The molecular weight excluding hydrogens is 268 g/mol. The Kier molecular flexibility index (Phi) is 7.41. The van der Waals surface area contributed by atoms with E-state index in [9.17, 15) is 0 Å². The van der Waals surface area contributed by atoms with Crippen molar-refractivity contribution in [1.82, 2.24) is 0 Å². The maximum Gasteiger partial charge on any atom is 0.0681 e. The molecular formula is C18H19ClO. The molecule has 0 radical (unpaired) electrons. The van der Waals surface area contributed by atoms with Crippen LogP contribution in [0.2, 0.25) is 0 Å². The van der Waals surface area contributed by atoms with Crippen molar-refractivity contribution in [1.29, 1.82) is 0 Å². The SMILES string of the molecule is C=C(CCl)c1ccccc1.C=C(CO)c1ccccc1. The van der Waals surface area contributed by atoms with Gasteiger partial charge in [-0.2, -0.15) is 0 Å². The van der Waals surface area contributed by atoms with Crippen LogP contribution in [0, 0.1) is 0 Å². The maximum absolute atomic E-state index is 8.69. The molecule has 0 bridgehead atoms. The third-order valence-corrected chi connectivity index (χ3v) is 3.04. The van der Waals surface area contributed by atoms with Crippen LogP contribution >= 0.6 is 11.6 Å². The van der Waals surface area contributed by atoms with Crippen LogP contribution in [-0.4, -0.2) is 17.6 Å². The van der Waals surface area contributed by atoms with E-state index < -0.39 is 0 Å². The van der Waals surface area contributed by atoms with Crippen LogP contribution in [0.5, 0.6) is 0 Å². The Balaban J connectivity index is 0.000000200. The molecule has 0 amide bonds. The largest absolute Gasteiger partial charge is 0.392 e. The van der Waals surface area contributed by atoms with Crippen molar-refractivity contribution in [2.75, 3.05) is 12.5 Å². The highest BCUT2D eigenvalue weighted by molar-refractivity contribution is 6.23. The van der Waals surface area contributed by atoms with E-state index in [4.69, 9.17) is 16.7 Å². The number of halogens is 1. The average Bonchev–Trinajstić information content (AvgIpc) is 2.55. The monoisotopic (exact) mass is 286 g/mol. The lowest BCUT2D eigenvalue weighted by atomic mass is 10.1. The number of allylic oxidation sites excluding steroid dienone is 1. The molecule has 104 valence electrons. The molecule has 1 N–H and O–H groups in total. The van der Waals surface area contributed by atoms with Crippen LogP contribution in [0.4, 0.5) is 0 Å². The zero-order valence-corrected chi connectivity index (χ0v) is 12.2. The second-order valence-electron chi connectivity index (χ2n) is 4.23. The van der Waals surface area contributed by atoms with E-state index in [1.54, 1.807) is 0 Å². The molecule has 0 heterocycles. The van der Waals surface area contributed by atoms with Gasteiger partial charge in [0.05, 0.1) is 6.61 Å². The smallest absolute Gasteiger partial charge is 0.0681 e. The van der Waals surface area contributed by atoms with Crippen molar-refractivity contribution in [2.45, 2.75) is 0 Å². The Labute approximate surface area is 125 Å². The molecule has 0 spiro atoms. The highest BCUT2D eigenvalue weighted by atomic mass is 35.5. The molecule has 0 aliphatic rings. The van der Waals surface area contributed by atoms with Crippen LogP contribution in [0.25, 0.3) is 11.1 Å². The van der Waals surface area contributed by atoms with Gasteiger partial charge in [0.2, 0.25) is 0 Å². The molecule has 20 heavy (non-hydrogen) atoms. The Morgan fingerprint density at radius 3 is 1.55 bits per heavy atom. The number of benzene rings is 2. The van der Waals surface area contributed by atoms with E-state index >= 15 is 0 Å². The Morgan fingerprint density at radius 2 is 1.20 bits per heavy atom. The molecule has 0 aliphatic carbocycles. The minimum absolute atomic E-state index is 0.0318. The molecule has 0 unspecified atom stereocenters. The van der Waals surface area contributed by atoms with Gasteiger partial charge in [0.25, 0.3) is 0 Å². The normalized spacial score (nSPS) is 9.30. The van der Waals surface area contributed by atoms with Gasteiger partial charge in [-0.3, -0.25) is 0 Å². The molecule has 0 saturated carbocycles. The highest BCUT2D eigenvalue weighted by Crippen LogP contribution is 2.12. The van der Waals surface area contributed by atoms with E-state index in [1.807, 2.05) is 60.7 Å². The number of hydrogen-bond donors (Lipinski definition) is 1. The van der Waals surface area contributed by atoms with E-state index in [0.717, 1.165) is 22.3 Å². The second kappa shape index (κ2) is 9.13. The van der Waals surface area contributed by atoms with E-state index in [0.29, 0.717) is 5.88 Å². The molecule has 0 aromatic heterocycles. The fraction of sp³-hybridized carbons (Fsp3) is 0.111. The lowest BCUT2D eigenvalue weighted by Crippen LogP contribution is -1.86. The third-order valence-electron chi connectivity index (χ3n) is 2.72. The van der Waals surface area contributed by atoms with Gasteiger partial charge >= 0.3 is 0 Å². The zero-order chi connectivity index (χ0) is 14.8. The van der Waals surface area contributed by atoms with Crippen LogP contribution in [-0.2, 0) is 0 Å². The molecule has 1 nitrogen and oxygen atoms in total. The molecule has 2 heteroatoms. The van der Waals surface area contributed by atoms with Crippen molar-refractivity contribution in [2.24, 2.45) is 0 Å². The summed E-state index contributed by atoms with van der Waals surface area (Å²) in [6, 6.07) is 19.6. The number of alkyl halides is 1. The standard InChI is InChI=1S/C9H9Cl.C9H10O/c2*1-8(7-10)9-5-3-2-4-6-9/h2-6H,1,7H2;2-6,10H,1,7H2. The zero-order valence-electron chi connectivity index (χ0n) is 11.4. The number of aliphatic hydroxyl groups excluding tert-OH is 1. The van der Waals surface area contributed by atoms with Crippen molar-refractivity contribution in [3.63, 3.8) is 0 Å². The van der Waals surface area contributed by atoms with Crippen LogP contribution in [0.3, 0.4) is 0 Å². The van der Waals surface area contributed by atoms with Crippen molar-refractivity contribution in [3.05, 3.63) is 84.9 Å². The van der Waals surface area contributed by atoms with Gasteiger partial charge in [0, 0.05) is 5.88 Å². The van der Waals surface area contributed by atoms with E-state index in [2.05, 4.69) is 13.2 Å². The third kappa shape index (κ3) is 5.43. The van der Waals surface area contributed by atoms with Gasteiger partial charge in [-0.15, -0.1) is 11.6 Å². The summed E-state index contributed by atoms with van der Waals surface area (Å²) in [5.41, 5.74) is 3.87. The maximum atomic E-state index is 8.69. The molecule has 0 atom stereocenters. The number of rotatable bonds is 4. The molecule has 0 aliphatic heterocycles. The summed E-state index contributed by atoms with van der Waals surface area (Å²) in [5, 5.41) is 8.69. The highest BCUT2D eigenvalue weighted by Gasteiger charge is 1.93. The quantitative estimate of drug-likeness (QED) is 0.813. The molecule has 0 fully saturated rings. The molecule has 2 aromatic carbocycles. The Bertz CT molecular complexity index is 480. The number of hydrogen-bond acceptors (Lipinski definition) is 1. The van der Waals surface area contributed by atoms with Crippen LogP contribution in [0.15, 0.2) is 73.8 Å². The van der Waals surface area contributed by atoms with Gasteiger partial charge in [-0.25, -0.2) is 0 Å². The first kappa shape index (κ1) is 16.2. The first-order valence-corrected chi connectivity index (χ1v) is 6.85. The molecule has 2 rings (SSSR count). The van der Waals surface area contributed by atoms with E-state index in [-0.39, 0.29) is 6.61 Å². The van der Waals surface area contributed by atoms with Crippen LogP contribution < -0.4 is 0 Å². The van der Waals surface area contributed by atoms with E-state index in [1.165, 1.54) is 0 Å². The topological polar surface area (TPSA) is 20.2 Å². The van der Waals surface area contributed by atoms with Crippen molar-refractivity contribution in [3.8, 4) is 0 Å². The molecule has 0 saturated heterocycles. The first-order chi connectivity index (χ1) is 9.69. The average molecular weight is 287 g/mol. The fourth-order valence-corrected chi connectivity index (χ4v) is 1.67. The Morgan fingerprint density at radius 1 is 0.800 bits per heavy atom. The summed E-state index contributed by atoms with van der Waals surface area (Å²) in [6.45, 7) is 7.54. The first-order valence-electron chi connectivity index (χ1n) is 6.32. The van der Waals surface area contributed by atoms with Gasteiger partial charge in [-0.05, 0) is 22.3 Å². The van der Waals surface area contributed by atoms with Crippen molar-refractivity contribution < 1.29 is 5.11 Å². The second-order valence-corrected chi connectivity index (χ2v) is 4.50. The minimum atomic E-state index is 0.0318. The predicted octanol–water partition coefficient (Wildman–Crippen LogP) is 4.63. The van der Waals surface area contributed by atoms with Gasteiger partial charge in [-0.1, -0.05) is 73.8 Å². The number of aliphatic hydroxyl groups is 1. The predicted molar refractivity (Wildman–Crippen MR) is 88.8 cm³/mol. The Hall–Kier alpha value is -1.83. The summed E-state index contributed by atoms with van der Waals surface area (Å²) in [5.74, 6) is 0.504. The fourth-order valence-electron chi connectivity index (χ4n) is 1.52. The van der Waals surface area contributed by atoms with Gasteiger partial charge in [0.15, 0.2) is 0 Å². The lowest BCUT2D eigenvalue weighted by Gasteiger charge is -1.98. The summed E-state index contributed by atoms with van der Waals surface area (Å²) >= 11 is 5.59. The summed E-state index contributed by atoms with van der Waals surface area (Å²) in [6.07, 6.45) is 0. The lowest BCUT2D eigenvalue weighted by molar-refractivity contribution is 0.350. The summed E-state index contributed by atoms with van der Waals surface area (Å²) in [4.78, 5) is 0. The van der Waals surface area contributed by atoms with Crippen LogP contribution in [0.1, 0.15) is 11.1 Å².